The molecule has 3 heteroatoms. The van der Waals surface area contributed by atoms with Gasteiger partial charge in [-0.25, -0.2) is 0 Å². The molecule has 3 nitrogen and oxygen atoms in total. The molecule has 1 aliphatic rings. The van der Waals surface area contributed by atoms with Gasteiger partial charge in [-0.2, -0.15) is 0 Å². The van der Waals surface area contributed by atoms with E-state index in [-0.39, 0.29) is 5.54 Å². The van der Waals surface area contributed by atoms with Crippen LogP contribution < -0.4 is 5.32 Å². The summed E-state index contributed by atoms with van der Waals surface area (Å²) >= 11 is 0. The van der Waals surface area contributed by atoms with Crippen LogP contribution in [-0.4, -0.2) is 34.6 Å². The first kappa shape index (κ1) is 14.5. The van der Waals surface area contributed by atoms with Gasteiger partial charge >= 0.3 is 0 Å². The Morgan fingerprint density at radius 1 is 1.24 bits per heavy atom. The molecule has 0 aliphatic carbocycles. The molecule has 1 unspecified atom stereocenters. The third-order valence-electron chi connectivity index (χ3n) is 4.41. The highest BCUT2D eigenvalue weighted by Gasteiger charge is 2.27. The molecular weight excluding hydrogens is 258 g/mol. The van der Waals surface area contributed by atoms with Crippen LogP contribution in [-0.2, 0) is 6.54 Å². The average molecular weight is 283 g/mol. The molecule has 0 bridgehead atoms. The van der Waals surface area contributed by atoms with Crippen molar-refractivity contribution < 1.29 is 0 Å². The number of nitrogens with zero attached hydrogens (tertiary/aromatic N) is 2. The maximum Gasteiger partial charge on any atom is 0.0705 e. The molecule has 1 aromatic carbocycles. The summed E-state index contributed by atoms with van der Waals surface area (Å²) in [5.41, 5.74) is 2.43. The van der Waals surface area contributed by atoms with Gasteiger partial charge in [0.15, 0.2) is 0 Å². The number of hydrogen-bond donors (Lipinski definition) is 1. The molecule has 21 heavy (non-hydrogen) atoms. The van der Waals surface area contributed by atoms with E-state index in [1.54, 1.807) is 0 Å². The summed E-state index contributed by atoms with van der Waals surface area (Å²) in [5.74, 6) is 0. The van der Waals surface area contributed by atoms with Crippen molar-refractivity contribution in [1.82, 2.24) is 15.2 Å². The second kappa shape index (κ2) is 5.74. The first-order chi connectivity index (χ1) is 10.0. The van der Waals surface area contributed by atoms with Gasteiger partial charge in [-0.05, 0) is 45.9 Å². The molecule has 1 aliphatic heterocycles. The second-order valence-corrected chi connectivity index (χ2v) is 6.85. The highest BCUT2D eigenvalue weighted by atomic mass is 15.2. The highest BCUT2D eigenvalue weighted by molar-refractivity contribution is 5.78. The zero-order chi connectivity index (χ0) is 14.9. The Balaban J connectivity index is 1.82. The molecule has 1 fully saturated rings. The zero-order valence-corrected chi connectivity index (χ0v) is 13.3. The van der Waals surface area contributed by atoms with Crippen LogP contribution in [0.4, 0.5) is 0 Å². The molecule has 2 aromatic rings. The molecule has 1 atom stereocenters. The van der Waals surface area contributed by atoms with Crippen LogP contribution in [0.5, 0.6) is 0 Å². The van der Waals surface area contributed by atoms with Gasteiger partial charge in [0.05, 0.1) is 11.2 Å². The van der Waals surface area contributed by atoms with Gasteiger partial charge in [0.2, 0.25) is 0 Å². The Morgan fingerprint density at radius 2 is 2.05 bits per heavy atom. The Morgan fingerprint density at radius 3 is 2.90 bits per heavy atom. The number of fused-ring (bicyclic) bond motifs is 1. The number of hydrogen-bond acceptors (Lipinski definition) is 3. The highest BCUT2D eigenvalue weighted by Crippen LogP contribution is 2.19. The number of benzene rings is 1. The van der Waals surface area contributed by atoms with Crippen molar-refractivity contribution in [3.63, 3.8) is 0 Å². The normalized spacial score (nSPS) is 23.1. The SMILES string of the molecule is CC1CCNC(C)(C)CN1Cc1ccc2ccccc2n1. The van der Waals surface area contributed by atoms with Gasteiger partial charge in [0.1, 0.15) is 0 Å². The van der Waals surface area contributed by atoms with Crippen molar-refractivity contribution in [3.05, 3.63) is 42.1 Å². The van der Waals surface area contributed by atoms with E-state index in [9.17, 15) is 0 Å². The summed E-state index contributed by atoms with van der Waals surface area (Å²) in [4.78, 5) is 7.37. The Kier molecular flexibility index (Phi) is 3.96. The van der Waals surface area contributed by atoms with Gasteiger partial charge in [0, 0.05) is 30.1 Å². The zero-order valence-electron chi connectivity index (χ0n) is 13.3. The fourth-order valence-corrected chi connectivity index (χ4v) is 3.14. The molecule has 0 spiro atoms. The van der Waals surface area contributed by atoms with Crippen LogP contribution in [0.3, 0.4) is 0 Å². The van der Waals surface area contributed by atoms with Gasteiger partial charge in [-0.3, -0.25) is 9.88 Å². The molecule has 1 N–H and O–H groups in total. The fourth-order valence-electron chi connectivity index (χ4n) is 3.14. The summed E-state index contributed by atoms with van der Waals surface area (Å²) in [6.07, 6.45) is 1.19. The molecule has 3 rings (SSSR count). The quantitative estimate of drug-likeness (QED) is 0.917. The summed E-state index contributed by atoms with van der Waals surface area (Å²) < 4.78 is 0. The second-order valence-electron chi connectivity index (χ2n) is 6.85. The van der Waals surface area contributed by atoms with E-state index >= 15 is 0 Å². The fraction of sp³-hybridized carbons (Fsp3) is 0.500. The lowest BCUT2D eigenvalue weighted by Gasteiger charge is -2.32. The summed E-state index contributed by atoms with van der Waals surface area (Å²) in [7, 11) is 0. The van der Waals surface area contributed by atoms with Gasteiger partial charge in [0.25, 0.3) is 0 Å². The van der Waals surface area contributed by atoms with E-state index in [4.69, 9.17) is 4.98 Å². The molecule has 2 heterocycles. The smallest absolute Gasteiger partial charge is 0.0705 e. The maximum atomic E-state index is 4.82. The van der Waals surface area contributed by atoms with Crippen LogP contribution in [0.15, 0.2) is 36.4 Å². The number of aromatic nitrogens is 1. The van der Waals surface area contributed by atoms with E-state index in [0.29, 0.717) is 6.04 Å². The molecule has 1 aromatic heterocycles. The Hall–Kier alpha value is -1.45. The minimum atomic E-state index is 0.168. The van der Waals surface area contributed by atoms with Crippen molar-refractivity contribution in [2.24, 2.45) is 0 Å². The minimum Gasteiger partial charge on any atom is -0.310 e. The molecular formula is C18H25N3. The van der Waals surface area contributed by atoms with E-state index in [2.05, 4.69) is 67.4 Å². The van der Waals surface area contributed by atoms with Crippen LogP contribution in [0.25, 0.3) is 10.9 Å². The molecule has 112 valence electrons. The van der Waals surface area contributed by atoms with Crippen molar-refractivity contribution >= 4 is 10.9 Å². The van der Waals surface area contributed by atoms with Crippen LogP contribution in [0, 0.1) is 0 Å². The summed E-state index contributed by atoms with van der Waals surface area (Å²) in [6, 6.07) is 13.3. The monoisotopic (exact) mass is 283 g/mol. The van der Waals surface area contributed by atoms with Gasteiger partial charge < -0.3 is 5.32 Å². The maximum absolute atomic E-state index is 4.82. The largest absolute Gasteiger partial charge is 0.310 e. The molecule has 0 amide bonds. The lowest BCUT2D eigenvalue weighted by atomic mass is 10.1. The summed E-state index contributed by atoms with van der Waals surface area (Å²) in [6.45, 7) is 9.97. The predicted octanol–water partition coefficient (Wildman–Crippen LogP) is 3.20. The van der Waals surface area contributed by atoms with Crippen molar-refractivity contribution in [3.8, 4) is 0 Å². The first-order valence-electron chi connectivity index (χ1n) is 7.87. The lowest BCUT2D eigenvalue weighted by Crippen LogP contribution is -2.47. The Labute approximate surface area is 127 Å². The third-order valence-corrected chi connectivity index (χ3v) is 4.41. The number of pyridine rings is 1. The summed E-state index contributed by atoms with van der Waals surface area (Å²) in [5, 5.41) is 4.85. The minimum absolute atomic E-state index is 0.168. The van der Waals surface area contributed by atoms with Crippen molar-refractivity contribution in [2.75, 3.05) is 13.1 Å². The van der Waals surface area contributed by atoms with Crippen LogP contribution >= 0.6 is 0 Å². The number of nitrogens with one attached hydrogen (secondary N) is 1. The van der Waals surface area contributed by atoms with Gasteiger partial charge in [-0.15, -0.1) is 0 Å². The van der Waals surface area contributed by atoms with Crippen molar-refractivity contribution in [1.29, 1.82) is 0 Å². The number of rotatable bonds is 2. The van der Waals surface area contributed by atoms with Crippen molar-refractivity contribution in [2.45, 2.75) is 45.3 Å². The number of para-hydroxylation sites is 1. The molecule has 0 radical (unpaired) electrons. The standard InChI is InChI=1S/C18H25N3/c1-14-10-11-19-18(2,3)13-21(14)12-16-9-8-15-6-4-5-7-17(15)20-16/h4-9,14,19H,10-13H2,1-3H3. The third kappa shape index (κ3) is 3.42. The Bertz CT molecular complexity index is 621. The topological polar surface area (TPSA) is 28.2 Å². The molecule has 0 saturated carbocycles. The van der Waals surface area contributed by atoms with Crippen LogP contribution in [0.1, 0.15) is 32.9 Å². The predicted molar refractivity (Wildman–Crippen MR) is 88.3 cm³/mol. The van der Waals surface area contributed by atoms with E-state index < -0.39 is 0 Å². The molecule has 1 saturated heterocycles. The van der Waals surface area contributed by atoms with E-state index in [1.807, 2.05) is 0 Å². The first-order valence-corrected chi connectivity index (χ1v) is 7.87. The van der Waals surface area contributed by atoms with Crippen LogP contribution in [0.2, 0.25) is 0 Å². The average Bonchev–Trinajstić information content (AvgIpc) is 2.57. The lowest BCUT2D eigenvalue weighted by molar-refractivity contribution is 0.171. The van der Waals surface area contributed by atoms with Gasteiger partial charge in [-0.1, -0.05) is 24.3 Å². The van der Waals surface area contributed by atoms with E-state index in [1.165, 1.54) is 17.5 Å². The van der Waals surface area contributed by atoms with E-state index in [0.717, 1.165) is 25.2 Å².